The van der Waals surface area contributed by atoms with Crippen molar-refractivity contribution >= 4 is 28.3 Å². The van der Waals surface area contributed by atoms with E-state index in [2.05, 4.69) is 4.98 Å². The van der Waals surface area contributed by atoms with Crippen LogP contribution in [0.5, 0.6) is 5.75 Å². The molecule has 0 atom stereocenters. The van der Waals surface area contributed by atoms with E-state index in [9.17, 15) is 9.18 Å². The van der Waals surface area contributed by atoms with Crippen LogP contribution in [0.4, 0.5) is 4.39 Å². The normalized spacial score (nSPS) is 11.0. The second-order valence-electron chi connectivity index (χ2n) is 5.72. The summed E-state index contributed by atoms with van der Waals surface area (Å²) >= 11 is 6.11. The van der Waals surface area contributed by atoms with Crippen LogP contribution in [0.3, 0.4) is 0 Å². The van der Waals surface area contributed by atoms with Crippen molar-refractivity contribution in [3.8, 4) is 5.75 Å². The zero-order valence-corrected chi connectivity index (χ0v) is 14.4. The van der Waals surface area contributed by atoms with Crippen LogP contribution in [0.15, 0.2) is 36.5 Å². The molecule has 25 heavy (non-hydrogen) atoms. The molecular formula is C19H17ClFNO3. The Morgan fingerprint density at radius 1 is 1.32 bits per heavy atom. The summed E-state index contributed by atoms with van der Waals surface area (Å²) < 4.78 is 18.8. The van der Waals surface area contributed by atoms with Crippen molar-refractivity contribution < 1.29 is 19.0 Å². The number of aliphatic hydroxyl groups excluding tert-OH is 1. The van der Waals surface area contributed by atoms with Crippen LogP contribution in [0.1, 0.15) is 21.5 Å². The number of aryl methyl sites for hydroxylation is 1. The maximum absolute atomic E-state index is 13.4. The van der Waals surface area contributed by atoms with Crippen molar-refractivity contribution in [3.63, 3.8) is 0 Å². The van der Waals surface area contributed by atoms with Gasteiger partial charge in [-0.25, -0.2) is 4.39 Å². The largest absolute Gasteiger partial charge is 0.491 e. The van der Waals surface area contributed by atoms with E-state index in [1.807, 2.05) is 13.0 Å². The van der Waals surface area contributed by atoms with E-state index >= 15 is 0 Å². The van der Waals surface area contributed by atoms with Crippen molar-refractivity contribution in [1.82, 2.24) is 4.98 Å². The Labute approximate surface area is 149 Å². The third-order valence-corrected chi connectivity index (χ3v) is 4.49. The molecule has 4 nitrogen and oxygen atoms in total. The van der Waals surface area contributed by atoms with Crippen molar-refractivity contribution in [2.45, 2.75) is 13.3 Å². The second kappa shape index (κ2) is 7.25. The Bertz CT molecular complexity index is 936. The molecule has 0 radical (unpaired) electrons. The van der Waals surface area contributed by atoms with E-state index in [0.717, 1.165) is 16.5 Å². The van der Waals surface area contributed by atoms with E-state index < -0.39 is 5.82 Å². The summed E-state index contributed by atoms with van der Waals surface area (Å²) in [5.74, 6) is -0.309. The summed E-state index contributed by atoms with van der Waals surface area (Å²) in [5.41, 5.74) is 2.82. The van der Waals surface area contributed by atoms with E-state index in [0.29, 0.717) is 16.1 Å². The lowest BCUT2D eigenvalue weighted by Gasteiger charge is -2.10. The molecule has 0 amide bonds. The van der Waals surface area contributed by atoms with E-state index in [4.69, 9.17) is 21.4 Å². The number of Topliss-reactive ketones (excluding diaryl/α,β-unsaturated/α-hetero) is 1. The van der Waals surface area contributed by atoms with E-state index in [1.165, 1.54) is 18.2 Å². The number of hydrogen-bond acceptors (Lipinski definition) is 3. The molecule has 0 unspecified atom stereocenters. The van der Waals surface area contributed by atoms with Gasteiger partial charge in [0.25, 0.3) is 0 Å². The van der Waals surface area contributed by atoms with Gasteiger partial charge in [-0.1, -0.05) is 23.7 Å². The SMILES string of the molecule is Cc1c(Cl)ccc2c(C(=O)Cc3ccc(F)cc3OCCO)c[nH]c12. The Balaban J connectivity index is 1.92. The molecule has 0 fully saturated rings. The van der Waals surface area contributed by atoms with Crippen molar-refractivity contribution in [3.05, 3.63) is 64.1 Å². The van der Waals surface area contributed by atoms with Gasteiger partial charge >= 0.3 is 0 Å². The van der Waals surface area contributed by atoms with Crippen LogP contribution in [0.25, 0.3) is 10.9 Å². The van der Waals surface area contributed by atoms with Gasteiger partial charge in [0.05, 0.1) is 12.1 Å². The first-order valence-corrected chi connectivity index (χ1v) is 8.20. The fourth-order valence-corrected chi connectivity index (χ4v) is 2.94. The highest BCUT2D eigenvalue weighted by Crippen LogP contribution is 2.29. The monoisotopic (exact) mass is 361 g/mol. The maximum Gasteiger partial charge on any atom is 0.169 e. The van der Waals surface area contributed by atoms with Gasteiger partial charge in [-0.2, -0.15) is 0 Å². The van der Waals surface area contributed by atoms with Gasteiger partial charge < -0.3 is 14.8 Å². The number of rotatable bonds is 6. The molecule has 0 aliphatic carbocycles. The molecule has 6 heteroatoms. The minimum atomic E-state index is -0.457. The predicted octanol–water partition coefficient (Wildman–Crippen LogP) is 4.07. The standard InChI is InChI=1S/C19H17ClFNO3/c1-11-16(20)5-4-14-15(10-22-19(11)14)17(24)8-12-2-3-13(21)9-18(12)25-7-6-23/h2-5,9-10,22-23H,6-8H2,1H3. The highest BCUT2D eigenvalue weighted by Gasteiger charge is 2.17. The smallest absolute Gasteiger partial charge is 0.169 e. The molecule has 1 heterocycles. The Morgan fingerprint density at radius 3 is 2.88 bits per heavy atom. The van der Waals surface area contributed by atoms with Crippen LogP contribution in [0.2, 0.25) is 5.02 Å². The lowest BCUT2D eigenvalue weighted by molar-refractivity contribution is 0.0993. The molecule has 0 bridgehead atoms. The zero-order valence-electron chi connectivity index (χ0n) is 13.6. The summed E-state index contributed by atoms with van der Waals surface area (Å²) in [6.45, 7) is 1.73. The number of hydrogen-bond donors (Lipinski definition) is 2. The molecule has 0 saturated carbocycles. The molecule has 2 aromatic carbocycles. The summed E-state index contributed by atoms with van der Waals surface area (Å²) in [5, 5.41) is 10.3. The molecule has 0 aliphatic heterocycles. The summed E-state index contributed by atoms with van der Waals surface area (Å²) in [6.07, 6.45) is 1.73. The molecular weight excluding hydrogens is 345 g/mol. The number of H-pyrrole nitrogens is 1. The summed E-state index contributed by atoms with van der Waals surface area (Å²) in [7, 11) is 0. The quantitative estimate of drug-likeness (QED) is 0.651. The van der Waals surface area contributed by atoms with Gasteiger partial charge in [0.2, 0.25) is 0 Å². The van der Waals surface area contributed by atoms with Crippen LogP contribution in [-0.4, -0.2) is 29.1 Å². The third-order valence-electron chi connectivity index (χ3n) is 4.08. The number of benzene rings is 2. The molecule has 0 saturated heterocycles. The lowest BCUT2D eigenvalue weighted by Crippen LogP contribution is -2.08. The number of halogens is 2. The molecule has 0 aliphatic rings. The Hall–Kier alpha value is -2.37. The average Bonchev–Trinajstić information content (AvgIpc) is 3.03. The van der Waals surface area contributed by atoms with E-state index in [-0.39, 0.29) is 31.2 Å². The molecule has 0 spiro atoms. The number of aromatic amines is 1. The number of carbonyl (C=O) groups is 1. The first-order chi connectivity index (χ1) is 12.0. The highest BCUT2D eigenvalue weighted by molar-refractivity contribution is 6.32. The van der Waals surface area contributed by atoms with Crippen molar-refractivity contribution in [2.24, 2.45) is 0 Å². The van der Waals surface area contributed by atoms with E-state index in [1.54, 1.807) is 12.3 Å². The van der Waals surface area contributed by atoms with Gasteiger partial charge in [-0.3, -0.25) is 4.79 Å². The van der Waals surface area contributed by atoms with Crippen molar-refractivity contribution in [1.29, 1.82) is 0 Å². The number of aliphatic hydroxyl groups is 1. The minimum Gasteiger partial charge on any atom is -0.491 e. The first-order valence-electron chi connectivity index (χ1n) is 7.82. The second-order valence-corrected chi connectivity index (χ2v) is 6.13. The number of carbonyl (C=O) groups excluding carboxylic acids is 1. The molecule has 3 rings (SSSR count). The number of ether oxygens (including phenoxy) is 1. The van der Waals surface area contributed by atoms with Gasteiger partial charge in [-0.15, -0.1) is 0 Å². The van der Waals surface area contributed by atoms with Gasteiger partial charge in [0.1, 0.15) is 18.2 Å². The first kappa shape index (κ1) is 17.5. The minimum absolute atomic E-state index is 0.0371. The van der Waals surface area contributed by atoms with Crippen LogP contribution >= 0.6 is 11.6 Å². The highest BCUT2D eigenvalue weighted by atomic mass is 35.5. The van der Waals surface area contributed by atoms with Gasteiger partial charge in [0.15, 0.2) is 5.78 Å². The Kier molecular flexibility index (Phi) is 5.06. The number of aromatic nitrogens is 1. The number of fused-ring (bicyclic) bond motifs is 1. The number of ketones is 1. The van der Waals surface area contributed by atoms with Gasteiger partial charge in [-0.05, 0) is 24.6 Å². The van der Waals surface area contributed by atoms with Gasteiger partial charge in [0, 0.05) is 40.2 Å². The summed E-state index contributed by atoms with van der Waals surface area (Å²) in [6, 6.07) is 7.60. The third kappa shape index (κ3) is 3.52. The van der Waals surface area contributed by atoms with Crippen LogP contribution < -0.4 is 4.74 Å². The maximum atomic E-state index is 13.4. The molecule has 2 N–H and O–H groups in total. The van der Waals surface area contributed by atoms with Crippen molar-refractivity contribution in [2.75, 3.05) is 13.2 Å². The molecule has 1 aromatic heterocycles. The lowest BCUT2D eigenvalue weighted by atomic mass is 10.0. The average molecular weight is 362 g/mol. The fourth-order valence-electron chi connectivity index (χ4n) is 2.78. The van der Waals surface area contributed by atoms with Crippen LogP contribution in [0, 0.1) is 12.7 Å². The zero-order chi connectivity index (χ0) is 18.0. The molecule has 3 aromatic rings. The number of nitrogens with one attached hydrogen (secondary N) is 1. The fraction of sp³-hybridized carbons (Fsp3) is 0.211. The Morgan fingerprint density at radius 2 is 2.12 bits per heavy atom. The van der Waals surface area contributed by atoms with Crippen LogP contribution in [-0.2, 0) is 6.42 Å². The molecule has 130 valence electrons. The predicted molar refractivity (Wildman–Crippen MR) is 95.1 cm³/mol. The summed E-state index contributed by atoms with van der Waals surface area (Å²) in [4.78, 5) is 15.8. The topological polar surface area (TPSA) is 62.3 Å².